The highest BCUT2D eigenvalue weighted by Crippen LogP contribution is 2.54. The fourth-order valence-corrected chi connectivity index (χ4v) is 3.45. The molecule has 2 rings (SSSR count). The zero-order valence-corrected chi connectivity index (χ0v) is 8.40. The zero-order valence-electron chi connectivity index (χ0n) is 8.40. The molecule has 2 bridgehead atoms. The highest BCUT2D eigenvalue weighted by atomic mass is 16.5. The van der Waals surface area contributed by atoms with E-state index in [0.29, 0.717) is 19.0 Å². The molecule has 0 spiro atoms. The van der Waals surface area contributed by atoms with E-state index in [4.69, 9.17) is 4.74 Å². The predicted octanol–water partition coefficient (Wildman–Crippen LogP) is 2.09. The van der Waals surface area contributed by atoms with Crippen LogP contribution in [-0.2, 0) is 9.53 Å². The molecule has 0 amide bonds. The molecule has 74 valence electrons. The minimum Gasteiger partial charge on any atom is -0.468 e. The quantitative estimate of drug-likeness (QED) is 0.625. The van der Waals surface area contributed by atoms with Crippen molar-refractivity contribution >= 4 is 6.47 Å². The normalized spacial score (nSPS) is 48.0. The maximum Gasteiger partial charge on any atom is 0.293 e. The lowest BCUT2D eigenvalue weighted by molar-refractivity contribution is -0.130. The number of ether oxygens (including phenoxy) is 1. The minimum atomic E-state index is 0.583. The van der Waals surface area contributed by atoms with Crippen molar-refractivity contribution in [3.63, 3.8) is 0 Å². The molecule has 0 heterocycles. The standard InChI is InChI=1S/C11H18O2/c1-7-8(2)11-4-9(7)3-10(11)5-13-6-12/h6-11H,3-5H2,1-2H3. The first-order chi connectivity index (χ1) is 6.24. The molecular weight excluding hydrogens is 164 g/mol. The molecule has 0 radical (unpaired) electrons. The van der Waals surface area contributed by atoms with Gasteiger partial charge in [0.05, 0.1) is 6.61 Å². The maximum atomic E-state index is 10.1. The average molecular weight is 182 g/mol. The van der Waals surface area contributed by atoms with E-state index in [2.05, 4.69) is 13.8 Å². The first kappa shape index (κ1) is 9.04. The summed E-state index contributed by atoms with van der Waals surface area (Å²) >= 11 is 0. The van der Waals surface area contributed by atoms with Crippen molar-refractivity contribution in [2.75, 3.05) is 6.61 Å². The van der Waals surface area contributed by atoms with Gasteiger partial charge in [-0.15, -0.1) is 0 Å². The molecule has 2 aliphatic carbocycles. The van der Waals surface area contributed by atoms with Crippen molar-refractivity contribution in [3.05, 3.63) is 0 Å². The van der Waals surface area contributed by atoms with Crippen LogP contribution in [0.1, 0.15) is 26.7 Å². The molecule has 2 saturated carbocycles. The summed E-state index contributed by atoms with van der Waals surface area (Å²) in [5.41, 5.74) is 0. The summed E-state index contributed by atoms with van der Waals surface area (Å²) in [5.74, 6) is 4.10. The molecule has 2 nitrogen and oxygen atoms in total. The summed E-state index contributed by atoms with van der Waals surface area (Å²) < 4.78 is 4.87. The van der Waals surface area contributed by atoms with Gasteiger partial charge in [0.25, 0.3) is 6.47 Å². The van der Waals surface area contributed by atoms with Crippen molar-refractivity contribution in [2.24, 2.45) is 29.6 Å². The van der Waals surface area contributed by atoms with E-state index in [1.54, 1.807) is 0 Å². The lowest BCUT2D eigenvalue weighted by Gasteiger charge is -2.30. The summed E-state index contributed by atoms with van der Waals surface area (Å²) in [6.45, 7) is 5.95. The third kappa shape index (κ3) is 1.36. The van der Waals surface area contributed by atoms with E-state index in [9.17, 15) is 4.79 Å². The van der Waals surface area contributed by atoms with Crippen molar-refractivity contribution in [3.8, 4) is 0 Å². The van der Waals surface area contributed by atoms with Gasteiger partial charge in [0, 0.05) is 0 Å². The van der Waals surface area contributed by atoms with Crippen molar-refractivity contribution in [1.29, 1.82) is 0 Å². The smallest absolute Gasteiger partial charge is 0.293 e. The molecule has 2 aliphatic rings. The Bertz CT molecular complexity index is 200. The monoisotopic (exact) mass is 182 g/mol. The fourth-order valence-electron chi connectivity index (χ4n) is 3.45. The number of hydrogen-bond donors (Lipinski definition) is 0. The van der Waals surface area contributed by atoms with Crippen LogP contribution in [0.3, 0.4) is 0 Å². The van der Waals surface area contributed by atoms with E-state index in [1.165, 1.54) is 12.8 Å². The topological polar surface area (TPSA) is 26.3 Å². The summed E-state index contributed by atoms with van der Waals surface area (Å²) in [4.78, 5) is 10.1. The van der Waals surface area contributed by atoms with Gasteiger partial charge < -0.3 is 4.74 Å². The Morgan fingerprint density at radius 2 is 2.08 bits per heavy atom. The average Bonchev–Trinajstić information content (AvgIpc) is 2.64. The van der Waals surface area contributed by atoms with Gasteiger partial charge in [-0.2, -0.15) is 0 Å². The van der Waals surface area contributed by atoms with Crippen LogP contribution in [-0.4, -0.2) is 13.1 Å². The first-order valence-electron chi connectivity index (χ1n) is 5.29. The third-order valence-corrected chi connectivity index (χ3v) is 4.41. The first-order valence-corrected chi connectivity index (χ1v) is 5.29. The van der Waals surface area contributed by atoms with Crippen LogP contribution in [0.25, 0.3) is 0 Å². The number of hydrogen-bond acceptors (Lipinski definition) is 2. The van der Waals surface area contributed by atoms with Crippen LogP contribution in [0, 0.1) is 29.6 Å². The van der Waals surface area contributed by atoms with Gasteiger partial charge >= 0.3 is 0 Å². The fraction of sp³-hybridized carbons (Fsp3) is 0.909. The van der Waals surface area contributed by atoms with Crippen LogP contribution in [0.4, 0.5) is 0 Å². The predicted molar refractivity (Wildman–Crippen MR) is 50.0 cm³/mol. The highest BCUT2D eigenvalue weighted by Gasteiger charge is 2.48. The minimum absolute atomic E-state index is 0.583. The maximum absolute atomic E-state index is 10.1. The Balaban J connectivity index is 1.94. The molecule has 5 unspecified atom stereocenters. The number of rotatable bonds is 3. The van der Waals surface area contributed by atoms with Gasteiger partial charge in [-0.05, 0) is 42.4 Å². The van der Waals surface area contributed by atoms with Gasteiger partial charge in [0.15, 0.2) is 0 Å². The van der Waals surface area contributed by atoms with Crippen molar-refractivity contribution in [1.82, 2.24) is 0 Å². The second-order valence-corrected chi connectivity index (χ2v) is 4.80. The van der Waals surface area contributed by atoms with Crippen LogP contribution in [0.5, 0.6) is 0 Å². The van der Waals surface area contributed by atoms with Crippen molar-refractivity contribution in [2.45, 2.75) is 26.7 Å². The van der Waals surface area contributed by atoms with E-state index in [0.717, 1.165) is 23.7 Å². The Kier molecular flexibility index (Phi) is 2.31. The summed E-state index contributed by atoms with van der Waals surface area (Å²) in [7, 11) is 0. The highest BCUT2D eigenvalue weighted by molar-refractivity contribution is 5.36. The Labute approximate surface area is 79.7 Å². The molecule has 13 heavy (non-hydrogen) atoms. The summed E-state index contributed by atoms with van der Waals surface area (Å²) in [5, 5.41) is 0. The van der Waals surface area contributed by atoms with Crippen LogP contribution in [0.15, 0.2) is 0 Å². The Hall–Kier alpha value is -0.530. The molecule has 0 aliphatic heterocycles. The van der Waals surface area contributed by atoms with Gasteiger partial charge in [0.2, 0.25) is 0 Å². The molecular formula is C11H18O2. The second kappa shape index (κ2) is 3.32. The molecule has 5 atom stereocenters. The Morgan fingerprint density at radius 3 is 2.62 bits per heavy atom. The molecule has 0 N–H and O–H groups in total. The molecule has 0 aromatic rings. The summed E-state index contributed by atoms with van der Waals surface area (Å²) in [6, 6.07) is 0. The zero-order chi connectivity index (χ0) is 9.42. The molecule has 0 aromatic carbocycles. The van der Waals surface area contributed by atoms with E-state index < -0.39 is 0 Å². The van der Waals surface area contributed by atoms with Crippen LogP contribution >= 0.6 is 0 Å². The molecule has 0 saturated heterocycles. The Morgan fingerprint density at radius 1 is 1.31 bits per heavy atom. The SMILES string of the molecule is CC1C2CC(COC=O)C(C2)C1C. The van der Waals surface area contributed by atoms with E-state index in [-0.39, 0.29) is 0 Å². The van der Waals surface area contributed by atoms with Gasteiger partial charge in [0.1, 0.15) is 0 Å². The molecule has 2 fully saturated rings. The van der Waals surface area contributed by atoms with Gasteiger partial charge in [-0.25, -0.2) is 0 Å². The lowest BCUT2D eigenvalue weighted by Crippen LogP contribution is -2.27. The van der Waals surface area contributed by atoms with Gasteiger partial charge in [-0.1, -0.05) is 13.8 Å². The third-order valence-electron chi connectivity index (χ3n) is 4.41. The number of carbonyl (C=O) groups excluding carboxylic acids is 1. The van der Waals surface area contributed by atoms with E-state index in [1.807, 2.05) is 0 Å². The summed E-state index contributed by atoms with van der Waals surface area (Å²) in [6.07, 6.45) is 2.65. The molecule has 2 heteroatoms. The molecule has 0 aromatic heterocycles. The van der Waals surface area contributed by atoms with Crippen LogP contribution in [0.2, 0.25) is 0 Å². The van der Waals surface area contributed by atoms with Gasteiger partial charge in [-0.3, -0.25) is 4.79 Å². The van der Waals surface area contributed by atoms with E-state index >= 15 is 0 Å². The van der Waals surface area contributed by atoms with Crippen LogP contribution < -0.4 is 0 Å². The number of fused-ring (bicyclic) bond motifs is 2. The number of carbonyl (C=O) groups is 1. The lowest BCUT2D eigenvalue weighted by atomic mass is 9.76. The van der Waals surface area contributed by atoms with Crippen molar-refractivity contribution < 1.29 is 9.53 Å². The largest absolute Gasteiger partial charge is 0.468 e. The second-order valence-electron chi connectivity index (χ2n) is 4.80.